The number of methoxy groups -OCH3 is 2. The standard InChI is InChI=1S/C26H24BrN5O7/c1-16-25(27)21(14-36-2)20(11-28)26(30-16)39-15-24(33)31-29-12-18-6-9-22(23(10-18)37-3)38-13-17-4-7-19(8-5-17)32(34)35/h4-10,12H,13-15H2,1-3H3,(H,31,33)/b29-12+. The molecule has 0 radical (unpaired) electrons. The molecule has 0 saturated heterocycles. The first kappa shape index (κ1) is 29.0. The van der Waals surface area contributed by atoms with Gasteiger partial charge in [-0.05, 0) is 64.3 Å². The molecule has 0 fully saturated rings. The van der Waals surface area contributed by atoms with E-state index >= 15 is 0 Å². The molecule has 2 aromatic carbocycles. The second kappa shape index (κ2) is 13.8. The Morgan fingerprint density at radius 2 is 1.92 bits per heavy atom. The predicted molar refractivity (Wildman–Crippen MR) is 144 cm³/mol. The zero-order chi connectivity index (χ0) is 28.4. The highest BCUT2D eigenvalue weighted by molar-refractivity contribution is 9.10. The Bertz CT molecular complexity index is 1420. The molecule has 1 amide bonds. The van der Waals surface area contributed by atoms with E-state index in [4.69, 9.17) is 18.9 Å². The minimum atomic E-state index is -0.555. The summed E-state index contributed by atoms with van der Waals surface area (Å²) in [4.78, 5) is 26.8. The van der Waals surface area contributed by atoms with Gasteiger partial charge in [-0.15, -0.1) is 0 Å². The number of nitro benzene ring substituents is 1. The van der Waals surface area contributed by atoms with Crippen molar-refractivity contribution < 1.29 is 28.7 Å². The van der Waals surface area contributed by atoms with Crippen molar-refractivity contribution in [2.24, 2.45) is 5.10 Å². The van der Waals surface area contributed by atoms with Gasteiger partial charge >= 0.3 is 0 Å². The summed E-state index contributed by atoms with van der Waals surface area (Å²) in [6, 6.07) is 13.2. The fourth-order valence-corrected chi connectivity index (χ4v) is 3.72. The van der Waals surface area contributed by atoms with Gasteiger partial charge < -0.3 is 18.9 Å². The normalized spacial score (nSPS) is 10.6. The van der Waals surface area contributed by atoms with Gasteiger partial charge in [0, 0.05) is 29.3 Å². The number of nitro groups is 1. The number of carbonyl (C=O) groups excluding carboxylic acids is 1. The third-order valence-corrected chi connectivity index (χ3v) is 6.29. The summed E-state index contributed by atoms with van der Waals surface area (Å²) in [5.74, 6) is 0.367. The van der Waals surface area contributed by atoms with Gasteiger partial charge in [0.1, 0.15) is 18.2 Å². The van der Waals surface area contributed by atoms with Crippen molar-refractivity contribution in [3.05, 3.63) is 85.0 Å². The molecule has 13 heteroatoms. The summed E-state index contributed by atoms with van der Waals surface area (Å²) in [6.07, 6.45) is 1.42. The van der Waals surface area contributed by atoms with Crippen molar-refractivity contribution in [3.8, 4) is 23.4 Å². The molecule has 0 atom stereocenters. The number of aromatic nitrogens is 1. The fourth-order valence-electron chi connectivity index (χ4n) is 3.32. The highest BCUT2D eigenvalue weighted by Crippen LogP contribution is 2.30. The van der Waals surface area contributed by atoms with E-state index < -0.39 is 17.4 Å². The molecule has 1 heterocycles. The van der Waals surface area contributed by atoms with Crippen molar-refractivity contribution in [3.63, 3.8) is 0 Å². The van der Waals surface area contributed by atoms with Gasteiger partial charge in [0.2, 0.25) is 5.88 Å². The van der Waals surface area contributed by atoms with Gasteiger partial charge in [-0.2, -0.15) is 10.4 Å². The van der Waals surface area contributed by atoms with Gasteiger partial charge in [0.25, 0.3) is 11.6 Å². The largest absolute Gasteiger partial charge is 0.493 e. The van der Waals surface area contributed by atoms with Crippen LogP contribution >= 0.6 is 15.9 Å². The van der Waals surface area contributed by atoms with Crippen LogP contribution in [0.15, 0.2) is 52.0 Å². The molecule has 3 aromatic rings. The van der Waals surface area contributed by atoms with Gasteiger partial charge in [0.15, 0.2) is 18.1 Å². The summed E-state index contributed by atoms with van der Waals surface area (Å²) < 4.78 is 22.4. The van der Waals surface area contributed by atoms with E-state index in [1.807, 2.05) is 6.07 Å². The van der Waals surface area contributed by atoms with Gasteiger partial charge in [-0.3, -0.25) is 14.9 Å². The molecule has 0 aliphatic rings. The summed E-state index contributed by atoms with van der Waals surface area (Å²) >= 11 is 3.40. The second-order valence-electron chi connectivity index (χ2n) is 7.92. The smallest absolute Gasteiger partial charge is 0.278 e. The minimum absolute atomic E-state index is 0.00170. The molecule has 202 valence electrons. The number of hydrazone groups is 1. The number of aryl methyl sites for hydroxylation is 1. The third-order valence-electron chi connectivity index (χ3n) is 5.24. The summed E-state index contributed by atoms with van der Waals surface area (Å²) in [7, 11) is 2.99. The van der Waals surface area contributed by atoms with E-state index in [0.717, 1.165) is 5.56 Å². The predicted octanol–water partition coefficient (Wildman–Crippen LogP) is 4.20. The summed E-state index contributed by atoms with van der Waals surface area (Å²) in [5, 5.41) is 24.3. The van der Waals surface area contributed by atoms with Crippen molar-refractivity contribution in [2.45, 2.75) is 20.1 Å². The van der Waals surface area contributed by atoms with Crippen LogP contribution in [0, 0.1) is 28.4 Å². The van der Waals surface area contributed by atoms with E-state index in [-0.39, 0.29) is 30.3 Å². The third kappa shape index (κ3) is 7.73. The molecule has 0 spiro atoms. The SMILES string of the molecule is COCc1c(Br)c(C)nc(OCC(=O)N/N=C/c2ccc(OCc3ccc([N+](=O)[O-])cc3)c(OC)c2)c1C#N. The van der Waals surface area contributed by atoms with Gasteiger partial charge in [0.05, 0.1) is 30.5 Å². The van der Waals surface area contributed by atoms with Crippen LogP contribution < -0.4 is 19.6 Å². The molecule has 0 unspecified atom stereocenters. The van der Waals surface area contributed by atoms with Gasteiger partial charge in [-0.25, -0.2) is 10.4 Å². The van der Waals surface area contributed by atoms with Crippen LogP contribution in [0.25, 0.3) is 0 Å². The number of halogens is 1. The number of rotatable bonds is 12. The Morgan fingerprint density at radius 1 is 1.18 bits per heavy atom. The Kier molecular flexibility index (Phi) is 10.3. The second-order valence-corrected chi connectivity index (χ2v) is 8.71. The number of nitriles is 1. The Balaban J connectivity index is 1.58. The number of nitrogens with zero attached hydrogens (tertiary/aromatic N) is 4. The number of hydrogen-bond donors (Lipinski definition) is 1. The molecular formula is C26H24BrN5O7. The lowest BCUT2D eigenvalue weighted by molar-refractivity contribution is -0.384. The molecule has 12 nitrogen and oxygen atoms in total. The zero-order valence-corrected chi connectivity index (χ0v) is 22.9. The Morgan fingerprint density at radius 3 is 2.56 bits per heavy atom. The topological polar surface area (TPSA) is 158 Å². The van der Waals surface area contributed by atoms with Crippen LogP contribution in [0.2, 0.25) is 0 Å². The number of amides is 1. The molecule has 0 aliphatic heterocycles. The van der Waals surface area contributed by atoms with Crippen molar-refractivity contribution in [1.29, 1.82) is 5.26 Å². The van der Waals surface area contributed by atoms with E-state index in [9.17, 15) is 20.2 Å². The molecule has 1 N–H and O–H groups in total. The van der Waals surface area contributed by atoms with E-state index in [0.29, 0.717) is 32.8 Å². The quantitative estimate of drug-likeness (QED) is 0.183. The number of non-ortho nitro benzene ring substituents is 1. The lowest BCUT2D eigenvalue weighted by atomic mass is 10.1. The van der Waals surface area contributed by atoms with Gasteiger partial charge in [-0.1, -0.05) is 0 Å². The van der Waals surface area contributed by atoms with Crippen LogP contribution in [-0.2, 0) is 22.7 Å². The first-order valence-corrected chi connectivity index (χ1v) is 12.1. The number of pyridine rings is 1. The first-order valence-electron chi connectivity index (χ1n) is 11.3. The summed E-state index contributed by atoms with van der Waals surface area (Å²) in [6.45, 7) is 1.68. The molecule has 0 aliphatic carbocycles. The minimum Gasteiger partial charge on any atom is -0.493 e. The molecule has 39 heavy (non-hydrogen) atoms. The van der Waals surface area contributed by atoms with Crippen LogP contribution in [-0.4, -0.2) is 42.9 Å². The molecule has 3 rings (SSSR count). The summed E-state index contributed by atoms with van der Waals surface area (Å²) in [5.41, 5.74) is 5.07. The number of ether oxygens (including phenoxy) is 4. The maximum absolute atomic E-state index is 12.2. The molecule has 0 saturated carbocycles. The van der Waals surface area contributed by atoms with Crippen molar-refractivity contribution in [1.82, 2.24) is 10.4 Å². The van der Waals surface area contributed by atoms with Crippen molar-refractivity contribution in [2.75, 3.05) is 20.8 Å². The lowest BCUT2D eigenvalue weighted by Crippen LogP contribution is -2.25. The zero-order valence-electron chi connectivity index (χ0n) is 21.3. The number of benzene rings is 2. The van der Waals surface area contributed by atoms with Crippen LogP contribution in [0.3, 0.4) is 0 Å². The highest BCUT2D eigenvalue weighted by atomic mass is 79.9. The Hall–Kier alpha value is -4.54. The van der Waals surface area contributed by atoms with Crippen LogP contribution in [0.4, 0.5) is 5.69 Å². The first-order chi connectivity index (χ1) is 18.8. The maximum Gasteiger partial charge on any atom is 0.278 e. The number of hydrogen-bond acceptors (Lipinski definition) is 10. The van der Waals surface area contributed by atoms with E-state index in [2.05, 4.69) is 31.4 Å². The number of carbonyl (C=O) groups is 1. The molecular weight excluding hydrogens is 574 g/mol. The maximum atomic E-state index is 12.2. The monoisotopic (exact) mass is 597 g/mol. The molecule has 0 bridgehead atoms. The van der Waals surface area contributed by atoms with Crippen LogP contribution in [0.1, 0.15) is 27.9 Å². The van der Waals surface area contributed by atoms with E-state index in [1.54, 1.807) is 37.3 Å². The average Bonchev–Trinajstić information content (AvgIpc) is 2.93. The van der Waals surface area contributed by atoms with E-state index in [1.165, 1.54) is 32.6 Å². The number of nitrogens with one attached hydrogen (secondary N) is 1. The average molecular weight is 598 g/mol. The van der Waals surface area contributed by atoms with Crippen molar-refractivity contribution >= 4 is 33.7 Å². The molecule has 1 aromatic heterocycles. The highest BCUT2D eigenvalue weighted by Gasteiger charge is 2.18. The fraction of sp³-hybridized carbons (Fsp3) is 0.231. The lowest BCUT2D eigenvalue weighted by Gasteiger charge is -2.13. The van der Waals surface area contributed by atoms with Crippen LogP contribution in [0.5, 0.6) is 17.4 Å². The Labute approximate surface area is 232 Å².